The lowest BCUT2D eigenvalue weighted by Gasteiger charge is -2.07. The second kappa shape index (κ2) is 4.18. The Morgan fingerprint density at radius 3 is 3.07 bits per heavy atom. The van der Waals surface area contributed by atoms with Gasteiger partial charge in [0.15, 0.2) is 0 Å². The first-order valence-electron chi connectivity index (χ1n) is 5.12. The van der Waals surface area contributed by atoms with Crippen LogP contribution in [0, 0.1) is 12.8 Å². The van der Waals surface area contributed by atoms with Crippen molar-refractivity contribution in [3.05, 3.63) is 22.8 Å². The van der Waals surface area contributed by atoms with Crippen LogP contribution in [0.5, 0.6) is 0 Å². The fourth-order valence-corrected chi connectivity index (χ4v) is 1.64. The Morgan fingerprint density at radius 2 is 2.36 bits per heavy atom. The number of rotatable bonds is 4. The van der Waals surface area contributed by atoms with Crippen LogP contribution in [0.15, 0.2) is 12.3 Å². The van der Waals surface area contributed by atoms with Gasteiger partial charge in [-0.2, -0.15) is 0 Å². The van der Waals surface area contributed by atoms with Gasteiger partial charge < -0.3 is 5.32 Å². The fraction of sp³-hybridized carbons (Fsp3) is 0.545. The normalized spacial score (nSPS) is 15.6. The van der Waals surface area contributed by atoms with E-state index in [0.717, 1.165) is 28.9 Å². The van der Waals surface area contributed by atoms with Crippen molar-refractivity contribution in [3.8, 4) is 0 Å². The molecule has 2 rings (SSSR count). The van der Waals surface area contributed by atoms with E-state index in [1.807, 2.05) is 13.0 Å². The molecule has 0 radical (unpaired) electrons. The highest BCUT2D eigenvalue weighted by Gasteiger charge is 2.20. The lowest BCUT2D eigenvalue weighted by Crippen LogP contribution is -2.04. The molecule has 0 atom stereocenters. The lowest BCUT2D eigenvalue weighted by atomic mass is 10.2. The minimum absolute atomic E-state index is 0.753. The van der Waals surface area contributed by atoms with Gasteiger partial charge in [0.1, 0.15) is 5.82 Å². The zero-order valence-electron chi connectivity index (χ0n) is 8.39. The van der Waals surface area contributed by atoms with Crippen LogP contribution in [0.2, 0.25) is 5.02 Å². The molecule has 1 aliphatic carbocycles. The van der Waals surface area contributed by atoms with Crippen molar-refractivity contribution in [1.82, 2.24) is 4.98 Å². The van der Waals surface area contributed by atoms with Gasteiger partial charge in [-0.3, -0.25) is 0 Å². The smallest absolute Gasteiger partial charge is 0.145 e. The van der Waals surface area contributed by atoms with Gasteiger partial charge in [-0.25, -0.2) is 4.98 Å². The van der Waals surface area contributed by atoms with Gasteiger partial charge >= 0.3 is 0 Å². The van der Waals surface area contributed by atoms with Crippen LogP contribution in [0.4, 0.5) is 5.82 Å². The Labute approximate surface area is 89.7 Å². The SMILES string of the molecule is Cc1ccnc(NCCC2CC2)c1Cl. The van der Waals surface area contributed by atoms with Gasteiger partial charge in [0.05, 0.1) is 5.02 Å². The number of halogens is 1. The third-order valence-electron chi connectivity index (χ3n) is 2.62. The van der Waals surface area contributed by atoms with Gasteiger partial charge in [-0.05, 0) is 30.9 Å². The average molecular weight is 211 g/mol. The number of nitrogens with zero attached hydrogens (tertiary/aromatic N) is 1. The lowest BCUT2D eigenvalue weighted by molar-refractivity contribution is 0.758. The van der Waals surface area contributed by atoms with Crippen LogP contribution in [0.3, 0.4) is 0 Å². The van der Waals surface area contributed by atoms with E-state index in [1.54, 1.807) is 6.20 Å². The van der Waals surface area contributed by atoms with E-state index < -0.39 is 0 Å². The van der Waals surface area contributed by atoms with E-state index in [1.165, 1.54) is 19.3 Å². The topological polar surface area (TPSA) is 24.9 Å². The number of aromatic nitrogens is 1. The molecule has 1 fully saturated rings. The number of anilines is 1. The predicted octanol–water partition coefficient (Wildman–Crippen LogP) is 3.26. The summed E-state index contributed by atoms with van der Waals surface area (Å²) < 4.78 is 0. The van der Waals surface area contributed by atoms with Crippen molar-refractivity contribution in [3.63, 3.8) is 0 Å². The summed E-state index contributed by atoms with van der Waals surface area (Å²) in [6.45, 7) is 2.98. The molecule has 0 aromatic carbocycles. The number of nitrogens with one attached hydrogen (secondary N) is 1. The molecular formula is C11H15ClN2. The van der Waals surface area contributed by atoms with Gasteiger partial charge in [-0.1, -0.05) is 24.4 Å². The zero-order chi connectivity index (χ0) is 9.97. The molecule has 2 nitrogen and oxygen atoms in total. The number of pyridine rings is 1. The highest BCUT2D eigenvalue weighted by molar-refractivity contribution is 6.33. The molecule has 0 saturated heterocycles. The molecule has 0 bridgehead atoms. The molecule has 1 aromatic rings. The van der Waals surface area contributed by atoms with Crippen LogP contribution in [0.25, 0.3) is 0 Å². The van der Waals surface area contributed by atoms with Crippen LogP contribution in [-0.2, 0) is 0 Å². The van der Waals surface area contributed by atoms with E-state index in [9.17, 15) is 0 Å². The van der Waals surface area contributed by atoms with Crippen molar-refractivity contribution >= 4 is 17.4 Å². The first-order chi connectivity index (χ1) is 6.77. The van der Waals surface area contributed by atoms with Crippen molar-refractivity contribution in [2.45, 2.75) is 26.2 Å². The molecule has 1 N–H and O–H groups in total. The van der Waals surface area contributed by atoms with E-state index in [2.05, 4.69) is 10.3 Å². The maximum atomic E-state index is 6.10. The third kappa shape index (κ3) is 2.38. The first kappa shape index (κ1) is 9.78. The van der Waals surface area contributed by atoms with E-state index >= 15 is 0 Å². The molecule has 1 aliphatic rings. The number of hydrogen-bond acceptors (Lipinski definition) is 2. The molecular weight excluding hydrogens is 196 g/mol. The Balaban J connectivity index is 1.90. The second-order valence-corrected chi connectivity index (χ2v) is 4.33. The Bertz CT molecular complexity index is 321. The maximum absolute atomic E-state index is 6.10. The summed E-state index contributed by atoms with van der Waals surface area (Å²) in [4.78, 5) is 4.21. The van der Waals surface area contributed by atoms with Crippen molar-refractivity contribution in [2.75, 3.05) is 11.9 Å². The second-order valence-electron chi connectivity index (χ2n) is 3.95. The monoisotopic (exact) mass is 210 g/mol. The Morgan fingerprint density at radius 1 is 1.57 bits per heavy atom. The zero-order valence-corrected chi connectivity index (χ0v) is 9.14. The van der Waals surface area contributed by atoms with Gasteiger partial charge in [0.2, 0.25) is 0 Å². The predicted molar refractivity (Wildman–Crippen MR) is 59.8 cm³/mol. The molecule has 14 heavy (non-hydrogen) atoms. The largest absolute Gasteiger partial charge is 0.369 e. The molecule has 1 heterocycles. The molecule has 1 aromatic heterocycles. The molecule has 0 amide bonds. The summed E-state index contributed by atoms with van der Waals surface area (Å²) in [6.07, 6.45) is 5.83. The van der Waals surface area contributed by atoms with Crippen molar-refractivity contribution in [1.29, 1.82) is 0 Å². The molecule has 0 spiro atoms. The summed E-state index contributed by atoms with van der Waals surface area (Å²) in [5.74, 6) is 1.78. The van der Waals surface area contributed by atoms with Gasteiger partial charge in [-0.15, -0.1) is 0 Å². The quantitative estimate of drug-likeness (QED) is 0.825. The van der Waals surface area contributed by atoms with Crippen LogP contribution >= 0.6 is 11.6 Å². The molecule has 0 unspecified atom stereocenters. The Hall–Kier alpha value is -0.760. The van der Waals surface area contributed by atoms with Crippen molar-refractivity contribution in [2.24, 2.45) is 5.92 Å². The van der Waals surface area contributed by atoms with Crippen LogP contribution in [-0.4, -0.2) is 11.5 Å². The number of aryl methyl sites for hydroxylation is 1. The molecule has 0 aliphatic heterocycles. The van der Waals surface area contributed by atoms with Gasteiger partial charge in [0, 0.05) is 12.7 Å². The summed E-state index contributed by atoms with van der Waals surface area (Å²) in [5.41, 5.74) is 1.08. The fourth-order valence-electron chi connectivity index (χ4n) is 1.46. The molecule has 3 heteroatoms. The minimum atomic E-state index is 0.753. The summed E-state index contributed by atoms with van der Waals surface area (Å²) in [5, 5.41) is 4.04. The van der Waals surface area contributed by atoms with Crippen LogP contribution < -0.4 is 5.32 Å². The highest BCUT2D eigenvalue weighted by Crippen LogP contribution is 2.32. The van der Waals surface area contributed by atoms with E-state index in [0.29, 0.717) is 0 Å². The minimum Gasteiger partial charge on any atom is -0.369 e. The summed E-state index contributed by atoms with van der Waals surface area (Å²) >= 11 is 6.10. The Kier molecular flexibility index (Phi) is 2.92. The standard InChI is InChI=1S/C11H15ClN2/c1-8-4-6-13-11(10(8)12)14-7-5-9-2-3-9/h4,6,9H,2-3,5,7H2,1H3,(H,13,14). The third-order valence-corrected chi connectivity index (χ3v) is 3.10. The highest BCUT2D eigenvalue weighted by atomic mass is 35.5. The van der Waals surface area contributed by atoms with E-state index in [-0.39, 0.29) is 0 Å². The van der Waals surface area contributed by atoms with E-state index in [4.69, 9.17) is 11.6 Å². The summed E-state index contributed by atoms with van der Waals surface area (Å²) in [7, 11) is 0. The van der Waals surface area contributed by atoms with Crippen molar-refractivity contribution < 1.29 is 0 Å². The summed E-state index contributed by atoms with van der Waals surface area (Å²) in [6, 6.07) is 1.93. The maximum Gasteiger partial charge on any atom is 0.145 e. The first-order valence-corrected chi connectivity index (χ1v) is 5.50. The molecule has 76 valence electrons. The molecule has 1 saturated carbocycles. The van der Waals surface area contributed by atoms with Crippen LogP contribution in [0.1, 0.15) is 24.8 Å². The average Bonchev–Trinajstić information content (AvgIpc) is 2.96. The van der Waals surface area contributed by atoms with Gasteiger partial charge in [0.25, 0.3) is 0 Å². The number of hydrogen-bond donors (Lipinski definition) is 1.